The molecule has 160 valence electrons. The Morgan fingerprint density at radius 2 is 1.43 bits per heavy atom. The van der Waals surface area contributed by atoms with Gasteiger partial charge in [0.05, 0.1) is 23.7 Å². The Bertz CT molecular complexity index is 987. The van der Waals surface area contributed by atoms with Gasteiger partial charge in [0.25, 0.3) is 0 Å². The van der Waals surface area contributed by atoms with Crippen molar-refractivity contribution >= 4 is 31.2 Å². The third kappa shape index (κ3) is 7.33. The Hall–Kier alpha value is -1.77. The van der Waals surface area contributed by atoms with E-state index in [0.717, 1.165) is 12.1 Å². The number of rotatable bonds is 12. The van der Waals surface area contributed by atoms with Crippen molar-refractivity contribution in [2.75, 3.05) is 19.8 Å². The molecule has 1 unspecified atom stereocenters. The van der Waals surface area contributed by atoms with Crippen molar-refractivity contribution in [2.45, 2.75) is 5.72 Å². The minimum atomic E-state index is -5.84. The molecule has 0 fully saturated rings. The van der Waals surface area contributed by atoms with E-state index in [1.807, 2.05) is 0 Å². The second-order valence-corrected chi connectivity index (χ2v) is 8.62. The van der Waals surface area contributed by atoms with E-state index in [1.165, 1.54) is 18.2 Å². The predicted octanol–water partition coefficient (Wildman–Crippen LogP) is -2.10. The molecule has 2 N–H and O–H groups in total. The molecular weight excluding hydrogens is 454 g/mol. The number of nitrogens with zero attached hydrogens (tertiary/aromatic N) is 1. The predicted molar refractivity (Wildman–Crippen MR) is 85.3 cm³/mol. The summed E-state index contributed by atoms with van der Waals surface area (Å²) in [6.07, 6.45) is 0. The Morgan fingerprint density at radius 3 is 1.89 bits per heavy atom. The first kappa shape index (κ1) is 24.3. The van der Waals surface area contributed by atoms with Crippen molar-refractivity contribution in [2.24, 2.45) is 0 Å². The summed E-state index contributed by atoms with van der Waals surface area (Å²) >= 11 is 0. The fraction of sp³-hybridized carbons (Fsp3) is 0.400. The molecule has 1 atom stereocenters. The summed E-state index contributed by atoms with van der Waals surface area (Å²) in [5, 5.41) is 29.5. The summed E-state index contributed by atoms with van der Waals surface area (Å²) in [5.41, 5.74) is -3.52. The molecule has 0 aromatic heterocycles. The van der Waals surface area contributed by atoms with Crippen LogP contribution in [0.2, 0.25) is 0 Å². The molecule has 0 aliphatic heterocycles. The van der Waals surface area contributed by atoms with Crippen LogP contribution < -0.4 is 0 Å². The van der Waals surface area contributed by atoms with Crippen LogP contribution in [-0.2, 0) is 52.5 Å². The highest BCUT2D eigenvalue weighted by Crippen LogP contribution is 2.23. The summed E-state index contributed by atoms with van der Waals surface area (Å²) in [7, 11) is -16.8. The zero-order valence-electron chi connectivity index (χ0n) is 13.5. The molecule has 28 heavy (non-hydrogen) atoms. The highest BCUT2D eigenvalue weighted by atomic mass is 32.3. The molecule has 1 aromatic rings. The number of hydrogen-bond acceptors (Lipinski definition) is 14. The van der Waals surface area contributed by atoms with Crippen LogP contribution in [0.25, 0.3) is 0 Å². The Morgan fingerprint density at radius 1 is 0.929 bits per heavy atom. The lowest BCUT2D eigenvalue weighted by atomic mass is 10.1. The molecule has 0 bridgehead atoms. The lowest BCUT2D eigenvalue weighted by molar-refractivity contribution is -0.638. The summed E-state index contributed by atoms with van der Waals surface area (Å²) in [4.78, 5) is 9.78. The van der Waals surface area contributed by atoms with Gasteiger partial charge in [0.1, 0.15) is 0 Å². The van der Waals surface area contributed by atoms with Crippen molar-refractivity contribution in [1.29, 1.82) is 0 Å². The first-order valence-electron chi connectivity index (χ1n) is 6.72. The Kier molecular flexibility index (Phi) is 7.93. The van der Waals surface area contributed by atoms with E-state index >= 15 is 0 Å². The van der Waals surface area contributed by atoms with Crippen LogP contribution in [0.4, 0.5) is 0 Å². The van der Waals surface area contributed by atoms with Crippen LogP contribution in [0.15, 0.2) is 30.3 Å². The van der Waals surface area contributed by atoms with E-state index in [0.29, 0.717) is 0 Å². The highest BCUT2D eigenvalue weighted by molar-refractivity contribution is 8.00. The van der Waals surface area contributed by atoms with Gasteiger partial charge in [0.15, 0.2) is 6.61 Å². The zero-order chi connectivity index (χ0) is 21.6. The van der Waals surface area contributed by atoms with Crippen molar-refractivity contribution in [3.63, 3.8) is 0 Å². The fourth-order valence-electron chi connectivity index (χ4n) is 1.49. The van der Waals surface area contributed by atoms with E-state index in [-0.39, 0.29) is 0 Å². The van der Waals surface area contributed by atoms with Gasteiger partial charge in [-0.25, -0.2) is 8.37 Å². The molecule has 0 saturated heterocycles. The highest BCUT2D eigenvalue weighted by Gasteiger charge is 2.45. The first-order valence-corrected chi connectivity index (χ1v) is 10.7. The second kappa shape index (κ2) is 9.15. The van der Waals surface area contributed by atoms with Crippen molar-refractivity contribution in [3.05, 3.63) is 46.0 Å². The maximum Gasteiger partial charge on any atom is 0.432 e. The summed E-state index contributed by atoms with van der Waals surface area (Å²) in [6, 6.07) is 6.12. The first-order chi connectivity index (χ1) is 12.7. The van der Waals surface area contributed by atoms with Crippen molar-refractivity contribution in [3.8, 4) is 0 Å². The van der Waals surface area contributed by atoms with Crippen molar-refractivity contribution in [1.82, 2.24) is 0 Å². The van der Waals surface area contributed by atoms with Gasteiger partial charge in [-0.15, -0.1) is 0 Å². The van der Waals surface area contributed by atoms with E-state index < -0.39 is 67.2 Å². The van der Waals surface area contributed by atoms with Crippen molar-refractivity contribution < 1.29 is 56.0 Å². The molecule has 0 amide bonds. The fourth-order valence-corrected chi connectivity index (χ4v) is 4.32. The summed E-state index contributed by atoms with van der Waals surface area (Å²) in [5.74, 6) is 0. The number of benzene rings is 1. The van der Waals surface area contributed by atoms with Gasteiger partial charge in [0.2, 0.25) is 0 Å². The van der Waals surface area contributed by atoms with E-state index in [1.54, 1.807) is 0 Å². The summed E-state index contributed by atoms with van der Waals surface area (Å²) in [6.45, 7) is -3.38. The maximum absolute atomic E-state index is 11.5. The molecule has 1 aromatic carbocycles. The van der Waals surface area contributed by atoms with Gasteiger partial charge >= 0.3 is 36.9 Å². The van der Waals surface area contributed by atoms with Crippen LogP contribution in [-0.4, -0.2) is 60.2 Å². The lowest BCUT2D eigenvalue weighted by Crippen LogP contribution is -2.41. The molecule has 0 radical (unpaired) electrons. The molecular formula is C10H13NO14S3. The molecule has 0 saturated carbocycles. The van der Waals surface area contributed by atoms with Crippen LogP contribution in [0.5, 0.6) is 0 Å². The molecule has 0 aliphatic rings. The second-order valence-electron chi connectivity index (χ2n) is 4.61. The smallest absolute Gasteiger partial charge is 0.394 e. The molecule has 18 heteroatoms. The third-order valence-corrected chi connectivity index (χ3v) is 6.12. The topological polar surface area (TPSA) is 223 Å². The summed E-state index contributed by atoms with van der Waals surface area (Å²) < 4.78 is 82.5. The normalized spacial score (nSPS) is 15.1. The minimum Gasteiger partial charge on any atom is -0.394 e. The standard InChI is InChI=1S/C10H13NO14S3/c12-6-7-22-26(16,17)24-28(20,21)25-27(18,19)23-8-10(13,11(14)15)9-4-2-1-3-5-9/h1-5,12-13H,6-8H2. The number of hydrogen-bond donors (Lipinski definition) is 2. The minimum absolute atomic E-state index is 0.408. The quantitative estimate of drug-likeness (QED) is 0.191. The van der Waals surface area contributed by atoms with Gasteiger partial charge < -0.3 is 10.2 Å². The van der Waals surface area contributed by atoms with Crippen LogP contribution in [0.1, 0.15) is 5.56 Å². The maximum atomic E-state index is 11.5. The number of nitro groups is 1. The number of aliphatic hydroxyl groups excluding tert-OH is 1. The van der Waals surface area contributed by atoms with E-state index in [9.17, 15) is 40.5 Å². The number of aliphatic hydroxyl groups is 2. The van der Waals surface area contributed by atoms with Gasteiger partial charge in [0, 0.05) is 0 Å². The van der Waals surface area contributed by atoms with E-state index in [4.69, 9.17) is 5.11 Å². The van der Waals surface area contributed by atoms with Crippen LogP contribution in [0, 0.1) is 10.1 Å². The van der Waals surface area contributed by atoms with Gasteiger partial charge in [-0.2, -0.15) is 25.3 Å². The average molecular weight is 467 g/mol. The molecule has 15 nitrogen and oxygen atoms in total. The third-order valence-electron chi connectivity index (χ3n) is 2.59. The van der Waals surface area contributed by atoms with Gasteiger partial charge in [-0.3, -0.25) is 10.1 Å². The van der Waals surface area contributed by atoms with E-state index in [2.05, 4.69) is 15.6 Å². The largest absolute Gasteiger partial charge is 0.432 e. The monoisotopic (exact) mass is 467 g/mol. The lowest BCUT2D eigenvalue weighted by Gasteiger charge is -2.18. The molecule has 0 aliphatic carbocycles. The molecule has 1 rings (SSSR count). The van der Waals surface area contributed by atoms with Gasteiger partial charge in [-0.05, 0) is 12.1 Å². The van der Waals surface area contributed by atoms with Crippen LogP contribution in [0.3, 0.4) is 0 Å². The average Bonchev–Trinajstić information content (AvgIpc) is 2.56. The Labute approximate surface area is 159 Å². The zero-order valence-corrected chi connectivity index (χ0v) is 15.9. The molecule has 0 spiro atoms. The Balaban J connectivity index is 2.92. The van der Waals surface area contributed by atoms with Crippen LogP contribution >= 0.6 is 0 Å². The van der Waals surface area contributed by atoms with Gasteiger partial charge in [-0.1, -0.05) is 25.5 Å². The SMILES string of the molecule is O=[N+]([O-])C(O)(COS(=O)(=O)OS(=O)(=O)OS(=O)(=O)OCCO)c1ccccc1. The molecule has 0 heterocycles.